The number of aryl methyl sites for hydroxylation is 1. The molecule has 0 aliphatic heterocycles. The number of nitrogens with zero attached hydrogens (tertiary/aromatic N) is 3. The van der Waals surface area contributed by atoms with Crippen LogP contribution in [0.15, 0.2) is 11.6 Å². The normalized spacial score (nSPS) is 10.2. The molecule has 11 heteroatoms. The summed E-state index contributed by atoms with van der Waals surface area (Å²) in [5.74, 6) is -1.24. The highest BCUT2D eigenvalue weighted by atomic mass is 32.1. The van der Waals surface area contributed by atoms with Gasteiger partial charge in [0.25, 0.3) is 5.91 Å². The first-order chi connectivity index (χ1) is 11.5. The van der Waals surface area contributed by atoms with Gasteiger partial charge >= 0.3 is 5.97 Å². The second kappa shape index (κ2) is 9.03. The number of thiazole rings is 1. The fourth-order valence-corrected chi connectivity index (χ4v) is 2.73. The zero-order chi connectivity index (χ0) is 17.4. The van der Waals surface area contributed by atoms with E-state index in [1.54, 1.807) is 18.5 Å². The standard InChI is InChI=1S/C13H15N5O4S2/c1-8-17-18-13(24-8)15-9(19)3-2-4-11(21)22-7-10(20)16-12-14-5-6-23-12/h5-6H,2-4,7H2,1H3,(H,14,16,20)(H,15,18,19). The lowest BCUT2D eigenvalue weighted by molar-refractivity contribution is -0.147. The van der Waals surface area contributed by atoms with Crippen LogP contribution in [0.1, 0.15) is 24.3 Å². The molecule has 128 valence electrons. The van der Waals surface area contributed by atoms with Crippen molar-refractivity contribution in [2.24, 2.45) is 0 Å². The van der Waals surface area contributed by atoms with Crippen LogP contribution in [0.5, 0.6) is 0 Å². The third kappa shape index (κ3) is 6.38. The van der Waals surface area contributed by atoms with E-state index in [9.17, 15) is 14.4 Å². The predicted octanol–water partition coefficient (Wildman–Crippen LogP) is 1.59. The number of aromatic nitrogens is 3. The van der Waals surface area contributed by atoms with Gasteiger partial charge in [-0.15, -0.1) is 21.5 Å². The third-order valence-corrected chi connectivity index (χ3v) is 4.04. The monoisotopic (exact) mass is 369 g/mol. The molecule has 2 N–H and O–H groups in total. The quantitative estimate of drug-likeness (QED) is 0.677. The van der Waals surface area contributed by atoms with Crippen molar-refractivity contribution >= 4 is 50.7 Å². The van der Waals surface area contributed by atoms with Crippen LogP contribution in [0, 0.1) is 6.92 Å². The molecule has 2 amide bonds. The van der Waals surface area contributed by atoms with Gasteiger partial charge in [0.15, 0.2) is 11.7 Å². The Morgan fingerprint density at radius 1 is 1.12 bits per heavy atom. The minimum Gasteiger partial charge on any atom is -0.456 e. The first-order valence-corrected chi connectivity index (χ1v) is 8.67. The number of amides is 2. The van der Waals surface area contributed by atoms with Crippen molar-refractivity contribution in [3.8, 4) is 0 Å². The lowest BCUT2D eigenvalue weighted by atomic mass is 10.2. The molecule has 0 atom stereocenters. The van der Waals surface area contributed by atoms with Crippen molar-refractivity contribution in [3.05, 3.63) is 16.6 Å². The van der Waals surface area contributed by atoms with Crippen LogP contribution in [0.3, 0.4) is 0 Å². The summed E-state index contributed by atoms with van der Waals surface area (Å²) in [7, 11) is 0. The predicted molar refractivity (Wildman–Crippen MR) is 88.8 cm³/mol. The Morgan fingerprint density at radius 3 is 2.58 bits per heavy atom. The van der Waals surface area contributed by atoms with E-state index in [-0.39, 0.29) is 25.4 Å². The first kappa shape index (κ1) is 17.9. The van der Waals surface area contributed by atoms with Crippen molar-refractivity contribution in [1.29, 1.82) is 0 Å². The first-order valence-electron chi connectivity index (χ1n) is 6.98. The molecule has 0 saturated heterocycles. The molecule has 0 aliphatic carbocycles. The average Bonchev–Trinajstić information content (AvgIpc) is 3.17. The van der Waals surface area contributed by atoms with E-state index in [0.717, 1.165) is 5.01 Å². The smallest absolute Gasteiger partial charge is 0.306 e. The Labute approximate surface area is 145 Å². The molecule has 0 spiro atoms. The molecular weight excluding hydrogens is 354 g/mol. The van der Waals surface area contributed by atoms with E-state index in [4.69, 9.17) is 4.74 Å². The van der Waals surface area contributed by atoms with Crippen molar-refractivity contribution in [2.45, 2.75) is 26.2 Å². The van der Waals surface area contributed by atoms with Gasteiger partial charge in [-0.3, -0.25) is 19.7 Å². The number of hydrogen-bond donors (Lipinski definition) is 2. The Hall–Kier alpha value is -2.40. The molecule has 0 radical (unpaired) electrons. The maximum atomic E-state index is 11.7. The van der Waals surface area contributed by atoms with E-state index in [0.29, 0.717) is 16.7 Å². The number of rotatable bonds is 8. The van der Waals surface area contributed by atoms with Crippen molar-refractivity contribution in [2.75, 3.05) is 17.2 Å². The largest absolute Gasteiger partial charge is 0.456 e. The van der Waals surface area contributed by atoms with Crippen LogP contribution in [-0.2, 0) is 19.1 Å². The molecule has 24 heavy (non-hydrogen) atoms. The maximum absolute atomic E-state index is 11.7. The van der Waals surface area contributed by atoms with Gasteiger partial charge in [0, 0.05) is 24.4 Å². The summed E-state index contributed by atoms with van der Waals surface area (Å²) in [6.45, 7) is 1.41. The number of ether oxygens (including phenoxy) is 1. The van der Waals surface area contributed by atoms with E-state index >= 15 is 0 Å². The molecule has 2 rings (SSSR count). The van der Waals surface area contributed by atoms with Crippen molar-refractivity contribution < 1.29 is 19.1 Å². The Morgan fingerprint density at radius 2 is 1.92 bits per heavy atom. The fourth-order valence-electron chi connectivity index (χ4n) is 1.58. The lowest BCUT2D eigenvalue weighted by Crippen LogP contribution is -2.21. The highest BCUT2D eigenvalue weighted by molar-refractivity contribution is 7.15. The number of carbonyl (C=O) groups excluding carboxylic acids is 3. The van der Waals surface area contributed by atoms with Crippen LogP contribution in [0.25, 0.3) is 0 Å². The number of hydrogen-bond acceptors (Lipinski definition) is 9. The highest BCUT2D eigenvalue weighted by Crippen LogP contribution is 2.14. The second-order valence-electron chi connectivity index (χ2n) is 4.57. The van der Waals surface area contributed by atoms with Gasteiger partial charge in [-0.1, -0.05) is 11.3 Å². The Balaban J connectivity index is 1.57. The van der Waals surface area contributed by atoms with E-state index < -0.39 is 11.9 Å². The summed E-state index contributed by atoms with van der Waals surface area (Å²) >= 11 is 2.54. The van der Waals surface area contributed by atoms with Crippen LogP contribution >= 0.6 is 22.7 Å². The van der Waals surface area contributed by atoms with Crippen LogP contribution in [0.4, 0.5) is 10.3 Å². The minimum absolute atomic E-state index is 0.0487. The number of anilines is 2. The van der Waals surface area contributed by atoms with Gasteiger partial charge in [0.05, 0.1) is 0 Å². The number of nitrogens with one attached hydrogen (secondary N) is 2. The average molecular weight is 369 g/mol. The molecule has 9 nitrogen and oxygen atoms in total. The lowest BCUT2D eigenvalue weighted by Gasteiger charge is -2.04. The minimum atomic E-state index is -0.538. The third-order valence-electron chi connectivity index (χ3n) is 2.60. The van der Waals surface area contributed by atoms with E-state index in [1.807, 2.05) is 0 Å². The number of esters is 1. The summed E-state index contributed by atoms with van der Waals surface area (Å²) in [5.41, 5.74) is 0. The van der Waals surface area contributed by atoms with Gasteiger partial charge in [-0.2, -0.15) is 0 Å². The van der Waals surface area contributed by atoms with Crippen molar-refractivity contribution in [1.82, 2.24) is 15.2 Å². The van der Waals surface area contributed by atoms with Crippen LogP contribution < -0.4 is 10.6 Å². The van der Waals surface area contributed by atoms with Gasteiger partial charge in [-0.25, -0.2) is 4.98 Å². The molecule has 2 aromatic rings. The zero-order valence-corrected chi connectivity index (χ0v) is 14.4. The zero-order valence-electron chi connectivity index (χ0n) is 12.8. The van der Waals surface area contributed by atoms with Crippen molar-refractivity contribution in [3.63, 3.8) is 0 Å². The molecule has 2 heterocycles. The number of carbonyl (C=O) groups is 3. The highest BCUT2D eigenvalue weighted by Gasteiger charge is 2.11. The maximum Gasteiger partial charge on any atom is 0.306 e. The Kier molecular flexibility index (Phi) is 6.75. The summed E-state index contributed by atoms with van der Waals surface area (Å²) < 4.78 is 4.83. The molecule has 0 fully saturated rings. The molecule has 0 aliphatic rings. The van der Waals surface area contributed by atoms with E-state index in [1.165, 1.54) is 22.7 Å². The summed E-state index contributed by atoms with van der Waals surface area (Å²) in [6.07, 6.45) is 2.07. The molecular formula is C13H15N5O4S2. The summed E-state index contributed by atoms with van der Waals surface area (Å²) in [4.78, 5) is 38.6. The summed E-state index contributed by atoms with van der Waals surface area (Å²) in [6, 6.07) is 0. The molecule has 0 unspecified atom stereocenters. The van der Waals surface area contributed by atoms with Gasteiger partial charge in [0.2, 0.25) is 11.0 Å². The van der Waals surface area contributed by atoms with Crippen LogP contribution in [-0.4, -0.2) is 39.6 Å². The van der Waals surface area contributed by atoms with Crippen LogP contribution in [0.2, 0.25) is 0 Å². The van der Waals surface area contributed by atoms with Gasteiger partial charge in [-0.05, 0) is 13.3 Å². The molecule has 0 aromatic carbocycles. The topological polar surface area (TPSA) is 123 Å². The molecule has 0 saturated carbocycles. The molecule has 0 bridgehead atoms. The molecule has 2 aromatic heterocycles. The van der Waals surface area contributed by atoms with Gasteiger partial charge < -0.3 is 10.1 Å². The van der Waals surface area contributed by atoms with Gasteiger partial charge in [0.1, 0.15) is 5.01 Å². The fraction of sp³-hybridized carbons (Fsp3) is 0.385. The van der Waals surface area contributed by atoms with E-state index in [2.05, 4.69) is 25.8 Å². The Bertz CT molecular complexity index is 701. The summed E-state index contributed by atoms with van der Waals surface area (Å²) in [5, 5.41) is 16.0. The SMILES string of the molecule is Cc1nnc(NC(=O)CCCC(=O)OCC(=O)Nc2nccs2)s1. The second-order valence-corrected chi connectivity index (χ2v) is 6.65.